The molecule has 19 heavy (non-hydrogen) atoms. The van der Waals surface area contributed by atoms with Crippen molar-refractivity contribution >= 4 is 0 Å². The molecule has 3 nitrogen and oxygen atoms in total. The van der Waals surface area contributed by atoms with Gasteiger partial charge in [0.25, 0.3) is 0 Å². The summed E-state index contributed by atoms with van der Waals surface area (Å²) in [5.41, 5.74) is 1.66. The molecule has 1 aliphatic carbocycles. The minimum absolute atomic E-state index is 0.243. The highest BCUT2D eigenvalue weighted by Crippen LogP contribution is 2.36. The molecule has 0 bridgehead atoms. The number of ether oxygens (including phenoxy) is 2. The van der Waals surface area contributed by atoms with Crippen molar-refractivity contribution in [3.63, 3.8) is 0 Å². The Morgan fingerprint density at radius 1 is 1.21 bits per heavy atom. The number of benzene rings is 1. The Bertz CT molecular complexity index is 405. The minimum atomic E-state index is 0.243. The summed E-state index contributed by atoms with van der Waals surface area (Å²) in [7, 11) is 1.72. The summed E-state index contributed by atoms with van der Waals surface area (Å²) in [6.07, 6.45) is 4.91. The summed E-state index contributed by atoms with van der Waals surface area (Å²) < 4.78 is 10.8. The monoisotopic (exact) mass is 261 g/mol. The minimum Gasteiger partial charge on any atom is -0.497 e. The Morgan fingerprint density at radius 2 is 1.89 bits per heavy atom. The first-order valence-electron chi connectivity index (χ1n) is 7.28. The van der Waals surface area contributed by atoms with Gasteiger partial charge in [-0.05, 0) is 43.4 Å². The van der Waals surface area contributed by atoms with E-state index in [4.69, 9.17) is 9.47 Å². The number of hydrogen-bond donors (Lipinski definition) is 1. The lowest BCUT2D eigenvalue weighted by molar-refractivity contribution is 0.0497. The Balaban J connectivity index is 1.78. The Labute approximate surface area is 115 Å². The predicted octanol–water partition coefficient (Wildman–Crippen LogP) is 2.50. The van der Waals surface area contributed by atoms with Crippen molar-refractivity contribution in [2.75, 3.05) is 26.9 Å². The Morgan fingerprint density at radius 3 is 2.47 bits per heavy atom. The van der Waals surface area contributed by atoms with Crippen LogP contribution in [0.1, 0.15) is 31.2 Å². The molecule has 0 aromatic heterocycles. The zero-order valence-corrected chi connectivity index (χ0v) is 11.7. The van der Waals surface area contributed by atoms with Gasteiger partial charge < -0.3 is 14.8 Å². The van der Waals surface area contributed by atoms with E-state index in [0.29, 0.717) is 0 Å². The van der Waals surface area contributed by atoms with Crippen molar-refractivity contribution in [2.24, 2.45) is 0 Å². The van der Waals surface area contributed by atoms with Gasteiger partial charge in [0.05, 0.1) is 7.11 Å². The van der Waals surface area contributed by atoms with Crippen molar-refractivity contribution in [1.82, 2.24) is 5.32 Å². The molecule has 0 spiro atoms. The maximum atomic E-state index is 5.56. The van der Waals surface area contributed by atoms with E-state index in [9.17, 15) is 0 Å². The zero-order valence-electron chi connectivity index (χ0n) is 11.7. The Kier molecular flexibility index (Phi) is 3.76. The molecule has 3 heteroatoms. The molecule has 0 amide bonds. The largest absolute Gasteiger partial charge is 0.497 e. The summed E-state index contributed by atoms with van der Waals surface area (Å²) in [6.45, 7) is 2.82. The predicted molar refractivity (Wildman–Crippen MR) is 75.7 cm³/mol. The third-order valence-corrected chi connectivity index (χ3v) is 4.46. The van der Waals surface area contributed by atoms with Gasteiger partial charge in [0.2, 0.25) is 0 Å². The molecule has 1 N–H and O–H groups in total. The van der Waals surface area contributed by atoms with Crippen LogP contribution in [0.2, 0.25) is 0 Å². The average Bonchev–Trinajstić information content (AvgIpc) is 3.30. The number of hydrogen-bond acceptors (Lipinski definition) is 3. The molecule has 1 heterocycles. The molecule has 0 atom stereocenters. The van der Waals surface area contributed by atoms with E-state index >= 15 is 0 Å². The highest BCUT2D eigenvalue weighted by molar-refractivity contribution is 5.33. The van der Waals surface area contributed by atoms with Crippen LogP contribution in [0.15, 0.2) is 24.3 Å². The van der Waals surface area contributed by atoms with Gasteiger partial charge in [-0.1, -0.05) is 12.1 Å². The molecule has 1 saturated carbocycles. The fraction of sp³-hybridized carbons (Fsp3) is 0.625. The maximum absolute atomic E-state index is 5.56. The van der Waals surface area contributed by atoms with E-state index in [1.54, 1.807) is 7.11 Å². The van der Waals surface area contributed by atoms with E-state index in [0.717, 1.165) is 44.4 Å². The average molecular weight is 261 g/mol. The molecule has 1 aromatic rings. The molecule has 3 rings (SSSR count). The lowest BCUT2D eigenvalue weighted by Crippen LogP contribution is -2.43. The van der Waals surface area contributed by atoms with E-state index in [1.165, 1.54) is 18.4 Å². The summed E-state index contributed by atoms with van der Waals surface area (Å²) in [4.78, 5) is 0. The second-order valence-electron chi connectivity index (χ2n) is 5.78. The first-order valence-corrected chi connectivity index (χ1v) is 7.28. The quantitative estimate of drug-likeness (QED) is 0.883. The fourth-order valence-corrected chi connectivity index (χ4v) is 2.90. The van der Waals surface area contributed by atoms with Gasteiger partial charge in [-0.15, -0.1) is 0 Å². The maximum Gasteiger partial charge on any atom is 0.118 e. The zero-order chi connectivity index (χ0) is 13.1. The normalized spacial score (nSPS) is 22.2. The van der Waals surface area contributed by atoms with Crippen LogP contribution in [0.25, 0.3) is 0 Å². The number of nitrogens with one attached hydrogen (secondary N) is 1. The highest BCUT2D eigenvalue weighted by Gasteiger charge is 2.36. The molecule has 0 radical (unpaired) electrons. The summed E-state index contributed by atoms with van der Waals surface area (Å²) in [5, 5.41) is 3.71. The summed E-state index contributed by atoms with van der Waals surface area (Å²) >= 11 is 0. The first-order chi connectivity index (χ1) is 9.32. The number of methoxy groups -OCH3 is 1. The number of rotatable bonds is 5. The SMILES string of the molecule is COc1ccc(C2(CNC3CC3)CCOCC2)cc1. The molecule has 0 unspecified atom stereocenters. The van der Waals surface area contributed by atoms with Crippen LogP contribution in [0, 0.1) is 0 Å². The standard InChI is InChI=1S/C16H23NO2/c1-18-15-6-2-13(3-7-15)16(8-10-19-11-9-16)12-17-14-4-5-14/h2-3,6-7,14,17H,4-5,8-12H2,1H3. The summed E-state index contributed by atoms with van der Waals surface area (Å²) in [6, 6.07) is 9.35. The second-order valence-corrected chi connectivity index (χ2v) is 5.78. The van der Waals surface area contributed by atoms with Gasteiger partial charge >= 0.3 is 0 Å². The van der Waals surface area contributed by atoms with Crippen molar-refractivity contribution in [3.8, 4) is 5.75 Å². The third-order valence-electron chi connectivity index (χ3n) is 4.46. The first kappa shape index (κ1) is 12.9. The fourth-order valence-electron chi connectivity index (χ4n) is 2.90. The van der Waals surface area contributed by atoms with Crippen molar-refractivity contribution < 1.29 is 9.47 Å². The van der Waals surface area contributed by atoms with Crippen LogP contribution in [0.3, 0.4) is 0 Å². The van der Waals surface area contributed by atoms with Gasteiger partial charge in [-0.25, -0.2) is 0 Å². The van der Waals surface area contributed by atoms with Crippen LogP contribution in [-0.2, 0) is 10.2 Å². The molecule has 2 fully saturated rings. The molecule has 1 aliphatic heterocycles. The van der Waals surface area contributed by atoms with Crippen LogP contribution in [0.4, 0.5) is 0 Å². The van der Waals surface area contributed by atoms with Crippen molar-refractivity contribution in [1.29, 1.82) is 0 Å². The topological polar surface area (TPSA) is 30.5 Å². The van der Waals surface area contributed by atoms with Crippen LogP contribution in [0.5, 0.6) is 5.75 Å². The smallest absolute Gasteiger partial charge is 0.118 e. The van der Waals surface area contributed by atoms with Crippen molar-refractivity contribution in [3.05, 3.63) is 29.8 Å². The molecular formula is C16H23NO2. The Hall–Kier alpha value is -1.06. The molecule has 1 saturated heterocycles. The van der Waals surface area contributed by atoms with Gasteiger partial charge in [0, 0.05) is 31.2 Å². The lowest BCUT2D eigenvalue weighted by atomic mass is 9.74. The van der Waals surface area contributed by atoms with E-state index < -0.39 is 0 Å². The van der Waals surface area contributed by atoms with Gasteiger partial charge in [-0.2, -0.15) is 0 Å². The van der Waals surface area contributed by atoms with Gasteiger partial charge in [-0.3, -0.25) is 0 Å². The van der Waals surface area contributed by atoms with Crippen LogP contribution < -0.4 is 10.1 Å². The molecule has 2 aliphatic rings. The summed E-state index contributed by atoms with van der Waals surface area (Å²) in [5.74, 6) is 0.932. The van der Waals surface area contributed by atoms with Gasteiger partial charge in [0.15, 0.2) is 0 Å². The molecule has 104 valence electrons. The van der Waals surface area contributed by atoms with Crippen LogP contribution in [-0.4, -0.2) is 32.9 Å². The van der Waals surface area contributed by atoms with Crippen LogP contribution >= 0.6 is 0 Å². The molecule has 1 aromatic carbocycles. The van der Waals surface area contributed by atoms with E-state index in [-0.39, 0.29) is 5.41 Å². The van der Waals surface area contributed by atoms with E-state index in [1.807, 2.05) is 0 Å². The van der Waals surface area contributed by atoms with E-state index in [2.05, 4.69) is 29.6 Å². The lowest BCUT2D eigenvalue weighted by Gasteiger charge is -2.38. The molecular weight excluding hydrogens is 238 g/mol. The highest BCUT2D eigenvalue weighted by atomic mass is 16.5. The van der Waals surface area contributed by atoms with Crippen molar-refractivity contribution in [2.45, 2.75) is 37.1 Å². The second kappa shape index (κ2) is 5.51. The van der Waals surface area contributed by atoms with Gasteiger partial charge in [0.1, 0.15) is 5.75 Å². The third kappa shape index (κ3) is 2.93.